The van der Waals surface area contributed by atoms with Crippen molar-refractivity contribution in [2.75, 3.05) is 13.1 Å². The van der Waals surface area contributed by atoms with Gasteiger partial charge in [0.25, 0.3) is 5.91 Å². The Hall–Kier alpha value is -2.92. The maximum atomic E-state index is 12.9. The first-order valence-corrected chi connectivity index (χ1v) is 8.33. The Kier molecular flexibility index (Phi) is 3.86. The zero-order chi connectivity index (χ0) is 17.3. The molecule has 1 N–H and O–H groups in total. The highest BCUT2D eigenvalue weighted by Crippen LogP contribution is 2.32. The molecular weight excluding hydrogens is 314 g/mol. The lowest BCUT2D eigenvalue weighted by Gasteiger charge is -2.24. The Labute approximate surface area is 146 Å². The van der Waals surface area contributed by atoms with E-state index in [1.807, 2.05) is 60.8 Å². The molecule has 3 aromatic rings. The Morgan fingerprint density at radius 3 is 2.68 bits per heavy atom. The molecule has 0 bridgehead atoms. The van der Waals surface area contributed by atoms with Crippen molar-refractivity contribution < 1.29 is 9.90 Å². The molecule has 0 saturated carbocycles. The summed E-state index contributed by atoms with van der Waals surface area (Å²) < 4.78 is 1.72. The van der Waals surface area contributed by atoms with Crippen LogP contribution in [0.2, 0.25) is 0 Å². The van der Waals surface area contributed by atoms with Crippen molar-refractivity contribution in [3.8, 4) is 5.69 Å². The molecular formula is C20H19N3O2. The van der Waals surface area contributed by atoms with Crippen molar-refractivity contribution >= 4 is 5.91 Å². The van der Waals surface area contributed by atoms with E-state index in [1.165, 1.54) is 0 Å². The molecule has 1 aliphatic rings. The van der Waals surface area contributed by atoms with Crippen molar-refractivity contribution in [2.24, 2.45) is 0 Å². The van der Waals surface area contributed by atoms with Crippen molar-refractivity contribution in [3.63, 3.8) is 0 Å². The average molecular weight is 333 g/mol. The van der Waals surface area contributed by atoms with Crippen molar-refractivity contribution in [3.05, 3.63) is 84.2 Å². The molecule has 0 spiro atoms. The van der Waals surface area contributed by atoms with Crippen molar-refractivity contribution in [1.82, 2.24) is 14.7 Å². The molecule has 25 heavy (non-hydrogen) atoms. The zero-order valence-electron chi connectivity index (χ0n) is 13.7. The number of hydrogen-bond acceptors (Lipinski definition) is 3. The van der Waals surface area contributed by atoms with Gasteiger partial charge < -0.3 is 10.0 Å². The molecule has 1 fully saturated rings. The van der Waals surface area contributed by atoms with Gasteiger partial charge in [0, 0.05) is 24.5 Å². The van der Waals surface area contributed by atoms with Gasteiger partial charge in [0.2, 0.25) is 0 Å². The normalized spacial score (nSPS) is 20.0. The van der Waals surface area contributed by atoms with E-state index in [-0.39, 0.29) is 5.91 Å². The van der Waals surface area contributed by atoms with Gasteiger partial charge in [-0.15, -0.1) is 0 Å². The highest BCUT2D eigenvalue weighted by atomic mass is 16.3. The molecule has 1 aliphatic heterocycles. The van der Waals surface area contributed by atoms with Crippen LogP contribution in [0, 0.1) is 0 Å². The minimum absolute atomic E-state index is 0.0686. The van der Waals surface area contributed by atoms with Crippen LogP contribution in [0.5, 0.6) is 0 Å². The minimum atomic E-state index is -0.976. The first kappa shape index (κ1) is 15.6. The van der Waals surface area contributed by atoms with E-state index in [2.05, 4.69) is 5.10 Å². The number of aliphatic hydroxyl groups is 1. The highest BCUT2D eigenvalue weighted by molar-refractivity contribution is 5.95. The van der Waals surface area contributed by atoms with E-state index in [4.69, 9.17) is 0 Å². The summed E-state index contributed by atoms with van der Waals surface area (Å²) >= 11 is 0. The summed E-state index contributed by atoms with van der Waals surface area (Å²) in [5, 5.41) is 15.1. The Morgan fingerprint density at radius 2 is 1.92 bits per heavy atom. The maximum Gasteiger partial charge on any atom is 0.254 e. The molecule has 2 aromatic carbocycles. The van der Waals surface area contributed by atoms with E-state index in [9.17, 15) is 9.90 Å². The first-order valence-electron chi connectivity index (χ1n) is 8.33. The summed E-state index contributed by atoms with van der Waals surface area (Å²) in [5.41, 5.74) is 1.32. The predicted molar refractivity (Wildman–Crippen MR) is 94.4 cm³/mol. The molecule has 2 heterocycles. The zero-order valence-corrected chi connectivity index (χ0v) is 13.7. The number of benzene rings is 2. The fourth-order valence-electron chi connectivity index (χ4n) is 3.34. The molecule has 5 nitrogen and oxygen atoms in total. The maximum absolute atomic E-state index is 12.9. The number of nitrogens with zero attached hydrogens (tertiary/aromatic N) is 3. The van der Waals surface area contributed by atoms with Gasteiger partial charge in [-0.1, -0.05) is 36.4 Å². The number of rotatable bonds is 3. The van der Waals surface area contributed by atoms with Crippen LogP contribution in [0.4, 0.5) is 0 Å². The van der Waals surface area contributed by atoms with Gasteiger partial charge in [0.15, 0.2) is 0 Å². The van der Waals surface area contributed by atoms with Crippen LogP contribution in [0.3, 0.4) is 0 Å². The lowest BCUT2D eigenvalue weighted by Crippen LogP contribution is -2.34. The van der Waals surface area contributed by atoms with Crippen LogP contribution in [0.25, 0.3) is 5.69 Å². The Bertz CT molecular complexity index is 877. The molecule has 1 atom stereocenters. The standard InChI is InChI=1S/C20H19N3O2/c24-19(16-6-4-9-18(14-16)23-12-5-11-21-23)22-13-10-20(25,15-22)17-7-2-1-3-8-17/h1-9,11-12,14,25H,10,13,15H2. The number of likely N-dealkylation sites (tertiary alicyclic amines) is 1. The van der Waals surface area contributed by atoms with Crippen LogP contribution in [0.1, 0.15) is 22.3 Å². The third-order valence-corrected chi connectivity index (χ3v) is 4.71. The second kappa shape index (κ2) is 6.18. The monoisotopic (exact) mass is 333 g/mol. The topological polar surface area (TPSA) is 58.4 Å². The van der Waals surface area contributed by atoms with E-state index < -0.39 is 5.60 Å². The highest BCUT2D eigenvalue weighted by Gasteiger charge is 2.39. The molecule has 1 amide bonds. The number of carbonyl (C=O) groups is 1. The molecule has 5 heteroatoms. The largest absolute Gasteiger partial charge is 0.383 e. The summed E-state index contributed by atoms with van der Waals surface area (Å²) in [6.07, 6.45) is 4.09. The van der Waals surface area contributed by atoms with Gasteiger partial charge >= 0.3 is 0 Å². The summed E-state index contributed by atoms with van der Waals surface area (Å²) in [6.45, 7) is 0.845. The number of aromatic nitrogens is 2. The van der Waals surface area contributed by atoms with Gasteiger partial charge in [0.05, 0.1) is 12.2 Å². The lowest BCUT2D eigenvalue weighted by molar-refractivity contribution is 0.0417. The van der Waals surface area contributed by atoms with Gasteiger partial charge in [-0.2, -0.15) is 5.10 Å². The molecule has 1 saturated heterocycles. The number of hydrogen-bond donors (Lipinski definition) is 1. The fourth-order valence-corrected chi connectivity index (χ4v) is 3.34. The predicted octanol–water partition coefficient (Wildman–Crippen LogP) is 2.61. The number of carbonyl (C=O) groups excluding carboxylic acids is 1. The van der Waals surface area contributed by atoms with E-state index >= 15 is 0 Å². The number of β-amino-alcohol motifs (C(OH)–C–C–N with tert-alkyl or cyclic N) is 1. The van der Waals surface area contributed by atoms with Gasteiger partial charge in [-0.3, -0.25) is 4.79 Å². The smallest absolute Gasteiger partial charge is 0.254 e. The van der Waals surface area contributed by atoms with Gasteiger partial charge in [-0.05, 0) is 36.2 Å². The third kappa shape index (κ3) is 2.94. The van der Waals surface area contributed by atoms with Crippen molar-refractivity contribution in [2.45, 2.75) is 12.0 Å². The van der Waals surface area contributed by atoms with E-state index in [0.717, 1.165) is 11.3 Å². The molecule has 0 aliphatic carbocycles. The average Bonchev–Trinajstić information content (AvgIpc) is 3.33. The Morgan fingerprint density at radius 1 is 1.08 bits per heavy atom. The first-order chi connectivity index (χ1) is 12.2. The van der Waals surface area contributed by atoms with Crippen LogP contribution in [0.15, 0.2) is 73.1 Å². The second-order valence-electron chi connectivity index (χ2n) is 6.38. The van der Waals surface area contributed by atoms with Crippen LogP contribution < -0.4 is 0 Å². The summed E-state index contributed by atoms with van der Waals surface area (Å²) in [5.74, 6) is -0.0686. The molecule has 1 unspecified atom stereocenters. The Balaban J connectivity index is 1.56. The molecule has 0 radical (unpaired) electrons. The van der Waals surface area contributed by atoms with E-state index in [0.29, 0.717) is 25.1 Å². The van der Waals surface area contributed by atoms with Gasteiger partial charge in [-0.25, -0.2) is 4.68 Å². The van der Waals surface area contributed by atoms with Gasteiger partial charge in [0.1, 0.15) is 5.60 Å². The van der Waals surface area contributed by atoms with Crippen LogP contribution in [-0.4, -0.2) is 38.8 Å². The number of amides is 1. The summed E-state index contributed by atoms with van der Waals surface area (Å²) in [6, 6.07) is 18.8. The molecule has 126 valence electrons. The minimum Gasteiger partial charge on any atom is -0.383 e. The fraction of sp³-hybridized carbons (Fsp3) is 0.200. The SMILES string of the molecule is O=C(c1cccc(-n2cccn2)c1)N1CCC(O)(c2ccccc2)C1. The molecule has 1 aromatic heterocycles. The van der Waals surface area contributed by atoms with Crippen LogP contribution in [-0.2, 0) is 5.60 Å². The van der Waals surface area contributed by atoms with Crippen molar-refractivity contribution in [1.29, 1.82) is 0 Å². The lowest BCUT2D eigenvalue weighted by atomic mass is 9.93. The van der Waals surface area contributed by atoms with E-state index in [1.54, 1.807) is 21.8 Å². The van der Waals surface area contributed by atoms with Crippen LogP contribution >= 0.6 is 0 Å². The summed E-state index contributed by atoms with van der Waals surface area (Å²) in [7, 11) is 0. The molecule has 4 rings (SSSR count). The summed E-state index contributed by atoms with van der Waals surface area (Å²) in [4.78, 5) is 14.6. The second-order valence-corrected chi connectivity index (χ2v) is 6.38. The third-order valence-electron chi connectivity index (χ3n) is 4.71. The quantitative estimate of drug-likeness (QED) is 0.801.